The lowest BCUT2D eigenvalue weighted by Gasteiger charge is -2.17. The second kappa shape index (κ2) is 6.96. The zero-order valence-electron chi connectivity index (χ0n) is 12.8. The molecule has 1 N–H and O–H groups in total. The van der Waals surface area contributed by atoms with E-state index < -0.39 is 0 Å². The van der Waals surface area contributed by atoms with Crippen LogP contribution in [0.1, 0.15) is 34.3 Å². The van der Waals surface area contributed by atoms with Crippen LogP contribution in [0.3, 0.4) is 0 Å². The number of aryl methyl sites for hydroxylation is 1. The van der Waals surface area contributed by atoms with E-state index in [9.17, 15) is 4.79 Å². The number of hydrazone groups is 1. The molecule has 0 unspecified atom stereocenters. The minimum atomic E-state index is -0.232. The number of ether oxygens (including phenoxy) is 1. The maximum absolute atomic E-state index is 12.3. The van der Waals surface area contributed by atoms with Gasteiger partial charge in [-0.25, -0.2) is 5.43 Å². The Labute approximate surface area is 143 Å². The van der Waals surface area contributed by atoms with Crippen LogP contribution in [-0.4, -0.2) is 18.7 Å². The Balaban J connectivity index is 1.78. The van der Waals surface area contributed by atoms with Crippen molar-refractivity contribution in [3.63, 3.8) is 0 Å². The second-order valence-electron chi connectivity index (χ2n) is 5.36. The molecule has 3 rings (SSSR count). The van der Waals surface area contributed by atoms with Gasteiger partial charge in [0.2, 0.25) is 0 Å². The fraction of sp³-hybridized carbons (Fsp3) is 0.222. The number of hydrogen-bond acceptors (Lipinski definition) is 3. The van der Waals surface area contributed by atoms with Crippen molar-refractivity contribution in [2.24, 2.45) is 5.10 Å². The zero-order valence-corrected chi connectivity index (χ0v) is 14.4. The third kappa shape index (κ3) is 3.45. The van der Waals surface area contributed by atoms with Crippen molar-refractivity contribution in [2.75, 3.05) is 7.11 Å². The molecular weight excluding hydrogens is 356 g/mol. The van der Waals surface area contributed by atoms with Crippen LogP contribution < -0.4 is 10.2 Å². The van der Waals surface area contributed by atoms with Gasteiger partial charge in [-0.05, 0) is 59.0 Å². The highest BCUT2D eigenvalue weighted by atomic mass is 79.9. The maximum Gasteiger partial charge on any atom is 0.271 e. The molecule has 5 heteroatoms. The number of amides is 1. The predicted octanol–water partition coefficient (Wildman–Crippen LogP) is 3.93. The monoisotopic (exact) mass is 372 g/mol. The molecule has 4 nitrogen and oxygen atoms in total. The molecule has 0 aliphatic heterocycles. The van der Waals surface area contributed by atoms with Crippen LogP contribution in [0.25, 0.3) is 0 Å². The van der Waals surface area contributed by atoms with Crippen molar-refractivity contribution in [1.82, 2.24) is 5.43 Å². The van der Waals surface area contributed by atoms with Crippen molar-refractivity contribution in [3.05, 3.63) is 63.6 Å². The van der Waals surface area contributed by atoms with Crippen LogP contribution in [0.15, 0.2) is 52.0 Å². The van der Waals surface area contributed by atoms with Crippen LogP contribution in [-0.2, 0) is 6.42 Å². The molecule has 0 spiro atoms. The van der Waals surface area contributed by atoms with Gasteiger partial charge in [-0.1, -0.05) is 24.3 Å². The second-order valence-corrected chi connectivity index (χ2v) is 6.21. The highest BCUT2D eigenvalue weighted by Crippen LogP contribution is 2.25. The molecule has 2 aromatic rings. The minimum Gasteiger partial charge on any atom is -0.496 e. The summed E-state index contributed by atoms with van der Waals surface area (Å²) in [7, 11) is 1.59. The van der Waals surface area contributed by atoms with Gasteiger partial charge in [0.1, 0.15) is 5.75 Å². The smallest absolute Gasteiger partial charge is 0.271 e. The van der Waals surface area contributed by atoms with Crippen molar-refractivity contribution in [3.8, 4) is 5.75 Å². The van der Waals surface area contributed by atoms with Gasteiger partial charge in [0, 0.05) is 11.1 Å². The maximum atomic E-state index is 12.3. The molecule has 0 saturated heterocycles. The van der Waals surface area contributed by atoms with Crippen LogP contribution in [0.4, 0.5) is 0 Å². The predicted molar refractivity (Wildman–Crippen MR) is 94.1 cm³/mol. The first-order chi connectivity index (χ1) is 11.2. The van der Waals surface area contributed by atoms with E-state index in [0.717, 1.165) is 35.0 Å². The third-order valence-electron chi connectivity index (χ3n) is 3.89. The summed E-state index contributed by atoms with van der Waals surface area (Å²) >= 11 is 3.38. The van der Waals surface area contributed by atoms with Crippen LogP contribution in [0.2, 0.25) is 0 Å². The van der Waals surface area contributed by atoms with Gasteiger partial charge >= 0.3 is 0 Å². The van der Waals surface area contributed by atoms with Gasteiger partial charge in [0.05, 0.1) is 17.3 Å². The SMILES string of the molecule is COc1ccc(C(=O)N/N=C2\CCCc3ccccc32)cc1Br. The topological polar surface area (TPSA) is 50.7 Å². The van der Waals surface area contributed by atoms with E-state index >= 15 is 0 Å². The number of carbonyl (C=O) groups is 1. The van der Waals surface area contributed by atoms with Crippen molar-refractivity contribution in [1.29, 1.82) is 0 Å². The molecule has 1 amide bonds. The van der Waals surface area contributed by atoms with Gasteiger partial charge in [-0.3, -0.25) is 4.79 Å². The van der Waals surface area contributed by atoms with E-state index in [2.05, 4.69) is 38.6 Å². The highest BCUT2D eigenvalue weighted by Gasteiger charge is 2.15. The quantitative estimate of drug-likeness (QED) is 0.829. The molecule has 0 heterocycles. The highest BCUT2D eigenvalue weighted by molar-refractivity contribution is 9.10. The Kier molecular flexibility index (Phi) is 4.76. The Hall–Kier alpha value is -2.14. The van der Waals surface area contributed by atoms with Crippen LogP contribution in [0.5, 0.6) is 5.75 Å². The molecule has 1 aliphatic carbocycles. The summed E-state index contributed by atoms with van der Waals surface area (Å²) in [5.41, 5.74) is 6.56. The average molecular weight is 373 g/mol. The van der Waals surface area contributed by atoms with Crippen molar-refractivity contribution >= 4 is 27.5 Å². The normalized spacial score (nSPS) is 15.1. The van der Waals surface area contributed by atoms with E-state index in [1.54, 1.807) is 25.3 Å². The molecule has 23 heavy (non-hydrogen) atoms. The summed E-state index contributed by atoms with van der Waals surface area (Å²) in [6.07, 6.45) is 3.00. The van der Waals surface area contributed by atoms with Crippen molar-refractivity contribution in [2.45, 2.75) is 19.3 Å². The summed E-state index contributed by atoms with van der Waals surface area (Å²) < 4.78 is 5.91. The van der Waals surface area contributed by atoms with E-state index in [-0.39, 0.29) is 5.91 Å². The third-order valence-corrected chi connectivity index (χ3v) is 4.51. The molecule has 1 aliphatic rings. The molecular formula is C18H17BrN2O2. The number of carbonyl (C=O) groups excluding carboxylic acids is 1. The Morgan fingerprint density at radius 2 is 2.04 bits per heavy atom. The number of benzene rings is 2. The van der Waals surface area contributed by atoms with E-state index in [1.807, 2.05) is 12.1 Å². The summed E-state index contributed by atoms with van der Waals surface area (Å²) in [5, 5.41) is 4.34. The Morgan fingerprint density at radius 3 is 2.83 bits per heavy atom. The standard InChI is InChI=1S/C18H17BrN2O2/c1-23-17-10-9-13(11-15(17)19)18(22)21-20-16-8-4-6-12-5-2-3-7-14(12)16/h2-3,5,7,9-11H,4,6,8H2,1H3,(H,21,22)/b20-16+. The van der Waals surface area contributed by atoms with Gasteiger partial charge in [0.15, 0.2) is 0 Å². The molecule has 118 valence electrons. The van der Waals surface area contributed by atoms with Gasteiger partial charge in [0.25, 0.3) is 5.91 Å². The first kappa shape index (κ1) is 15.7. The summed E-state index contributed by atoms with van der Waals surface area (Å²) in [5.74, 6) is 0.456. The summed E-state index contributed by atoms with van der Waals surface area (Å²) in [6.45, 7) is 0. The lowest BCUT2D eigenvalue weighted by molar-refractivity contribution is 0.0954. The lowest BCUT2D eigenvalue weighted by atomic mass is 9.90. The van der Waals surface area contributed by atoms with E-state index in [4.69, 9.17) is 4.74 Å². The number of nitrogens with zero attached hydrogens (tertiary/aromatic N) is 1. The van der Waals surface area contributed by atoms with Gasteiger partial charge < -0.3 is 4.74 Å². The fourth-order valence-electron chi connectivity index (χ4n) is 2.71. The first-order valence-corrected chi connectivity index (χ1v) is 8.27. The Morgan fingerprint density at radius 1 is 1.22 bits per heavy atom. The molecule has 0 aromatic heterocycles. The number of rotatable bonds is 3. The molecule has 0 saturated carbocycles. The number of nitrogens with one attached hydrogen (secondary N) is 1. The molecule has 0 atom stereocenters. The molecule has 0 fully saturated rings. The molecule has 0 bridgehead atoms. The summed E-state index contributed by atoms with van der Waals surface area (Å²) in [4.78, 5) is 12.3. The molecule has 0 radical (unpaired) electrons. The van der Waals surface area contributed by atoms with Gasteiger partial charge in [-0.15, -0.1) is 0 Å². The van der Waals surface area contributed by atoms with Crippen LogP contribution in [0, 0.1) is 0 Å². The number of hydrogen-bond donors (Lipinski definition) is 1. The number of methoxy groups -OCH3 is 1. The largest absolute Gasteiger partial charge is 0.496 e. The average Bonchev–Trinajstić information content (AvgIpc) is 2.59. The lowest BCUT2D eigenvalue weighted by Crippen LogP contribution is -2.22. The summed E-state index contributed by atoms with van der Waals surface area (Å²) in [6, 6.07) is 13.4. The van der Waals surface area contributed by atoms with Crippen LogP contribution >= 0.6 is 15.9 Å². The molecule has 2 aromatic carbocycles. The Bertz CT molecular complexity index is 771. The number of fused-ring (bicyclic) bond motifs is 1. The number of halogens is 1. The fourth-order valence-corrected chi connectivity index (χ4v) is 3.25. The van der Waals surface area contributed by atoms with E-state index in [0.29, 0.717) is 11.3 Å². The minimum absolute atomic E-state index is 0.232. The van der Waals surface area contributed by atoms with Crippen molar-refractivity contribution < 1.29 is 9.53 Å². The van der Waals surface area contributed by atoms with E-state index in [1.165, 1.54) is 5.56 Å². The van der Waals surface area contributed by atoms with Gasteiger partial charge in [-0.2, -0.15) is 5.10 Å². The first-order valence-electron chi connectivity index (χ1n) is 7.48. The zero-order chi connectivity index (χ0) is 16.2.